The molecule has 0 saturated carbocycles. The van der Waals surface area contributed by atoms with E-state index >= 15 is 0 Å². The normalized spacial score (nSPS) is 10.8. The van der Waals surface area contributed by atoms with Gasteiger partial charge in [-0.25, -0.2) is 0 Å². The molecule has 0 unspecified atom stereocenters. The first-order chi connectivity index (χ1) is 12.1. The van der Waals surface area contributed by atoms with Gasteiger partial charge < -0.3 is 15.5 Å². The van der Waals surface area contributed by atoms with Crippen molar-refractivity contribution in [2.24, 2.45) is 4.99 Å². The van der Waals surface area contributed by atoms with Crippen LogP contribution in [0, 0.1) is 0 Å². The summed E-state index contributed by atoms with van der Waals surface area (Å²) in [6.07, 6.45) is 0.417. The number of aliphatic imine (C=N–C) groups is 1. The molecule has 0 saturated heterocycles. The number of guanidine groups is 1. The summed E-state index contributed by atoms with van der Waals surface area (Å²) in [4.78, 5) is 18.2. The van der Waals surface area contributed by atoms with Crippen molar-refractivity contribution >= 4 is 63.1 Å². The van der Waals surface area contributed by atoms with Gasteiger partial charge >= 0.3 is 0 Å². The van der Waals surface area contributed by atoms with Crippen molar-refractivity contribution in [2.75, 3.05) is 20.6 Å². The van der Waals surface area contributed by atoms with Gasteiger partial charge in [0.15, 0.2) is 5.96 Å². The van der Waals surface area contributed by atoms with Crippen LogP contribution in [0.5, 0.6) is 0 Å². The predicted molar refractivity (Wildman–Crippen MR) is 123 cm³/mol. The molecule has 0 atom stereocenters. The van der Waals surface area contributed by atoms with Crippen LogP contribution in [0.1, 0.15) is 17.5 Å². The van der Waals surface area contributed by atoms with Gasteiger partial charge in [0.2, 0.25) is 5.91 Å². The molecule has 8 heteroatoms. The van der Waals surface area contributed by atoms with Crippen LogP contribution >= 0.6 is 51.2 Å². The number of halogens is 2. The van der Waals surface area contributed by atoms with Crippen molar-refractivity contribution < 1.29 is 4.79 Å². The topological polar surface area (TPSA) is 56.7 Å². The molecule has 0 radical (unpaired) electrons. The first-order valence-corrected chi connectivity index (χ1v) is 9.76. The van der Waals surface area contributed by atoms with E-state index in [-0.39, 0.29) is 29.9 Å². The molecule has 1 aromatic heterocycles. The molecule has 2 N–H and O–H groups in total. The number of benzene rings is 1. The summed E-state index contributed by atoms with van der Waals surface area (Å²) >= 11 is 5.19. The van der Waals surface area contributed by atoms with Gasteiger partial charge in [-0.05, 0) is 34.0 Å². The second-order valence-electron chi connectivity index (χ2n) is 5.58. The van der Waals surface area contributed by atoms with Crippen LogP contribution in [0.25, 0.3) is 0 Å². The Hall–Kier alpha value is -1.13. The first kappa shape index (κ1) is 22.9. The lowest BCUT2D eigenvalue weighted by atomic mass is 10.2. The van der Waals surface area contributed by atoms with Crippen molar-refractivity contribution in [3.05, 3.63) is 56.7 Å². The number of carbonyl (C=O) groups excluding carboxylic acids is 1. The van der Waals surface area contributed by atoms with Crippen molar-refractivity contribution in [1.82, 2.24) is 15.5 Å². The Kier molecular flexibility index (Phi) is 10.8. The Labute approximate surface area is 184 Å². The Morgan fingerprint density at radius 3 is 2.69 bits per heavy atom. The zero-order valence-electron chi connectivity index (χ0n) is 14.9. The van der Waals surface area contributed by atoms with E-state index in [0.717, 1.165) is 16.6 Å². The minimum Gasteiger partial charge on any atom is -0.356 e. The smallest absolute Gasteiger partial charge is 0.224 e. The lowest BCUT2D eigenvalue weighted by Gasteiger charge is -2.19. The Morgan fingerprint density at radius 1 is 1.27 bits per heavy atom. The van der Waals surface area contributed by atoms with Gasteiger partial charge in [-0.1, -0.05) is 34.1 Å². The molecule has 0 aliphatic rings. The molecule has 26 heavy (non-hydrogen) atoms. The van der Waals surface area contributed by atoms with E-state index in [1.807, 2.05) is 36.7 Å². The molecule has 0 fully saturated rings. The Bertz CT molecular complexity index is 709. The zero-order valence-corrected chi connectivity index (χ0v) is 19.6. The van der Waals surface area contributed by atoms with Gasteiger partial charge in [0.1, 0.15) is 0 Å². The number of hydrogen-bond acceptors (Lipinski definition) is 3. The fourth-order valence-corrected chi connectivity index (χ4v) is 3.33. The molecule has 0 aliphatic heterocycles. The number of hydrogen-bond donors (Lipinski definition) is 2. The van der Waals surface area contributed by atoms with Crippen LogP contribution in [-0.4, -0.2) is 37.4 Å². The van der Waals surface area contributed by atoms with E-state index in [2.05, 4.69) is 43.0 Å². The molecule has 1 amide bonds. The van der Waals surface area contributed by atoms with E-state index < -0.39 is 0 Å². The summed E-state index contributed by atoms with van der Waals surface area (Å²) in [5.74, 6) is 0.795. The number of thiophene rings is 1. The van der Waals surface area contributed by atoms with Gasteiger partial charge in [-0.2, -0.15) is 11.3 Å². The molecule has 1 aromatic carbocycles. The van der Waals surface area contributed by atoms with Gasteiger partial charge in [-0.3, -0.25) is 9.79 Å². The fourth-order valence-electron chi connectivity index (χ4n) is 2.25. The van der Waals surface area contributed by atoms with Crippen LogP contribution < -0.4 is 10.6 Å². The van der Waals surface area contributed by atoms with Crippen molar-refractivity contribution in [3.63, 3.8) is 0 Å². The highest BCUT2D eigenvalue weighted by molar-refractivity contribution is 14.0. The summed E-state index contributed by atoms with van der Waals surface area (Å²) in [5, 5.41) is 10.6. The average Bonchev–Trinajstić information content (AvgIpc) is 3.13. The second kappa shape index (κ2) is 12.3. The SMILES string of the molecule is CN=C(NCCC(=O)N(C)Cc1ccccc1Br)NCc1ccsc1.I. The summed E-state index contributed by atoms with van der Waals surface area (Å²) in [7, 11) is 3.55. The molecule has 0 spiro atoms. The maximum Gasteiger partial charge on any atom is 0.224 e. The predicted octanol–water partition coefficient (Wildman–Crippen LogP) is 3.84. The van der Waals surface area contributed by atoms with Crippen molar-refractivity contribution in [2.45, 2.75) is 19.5 Å². The van der Waals surface area contributed by atoms with Gasteiger partial charge in [0, 0.05) is 44.6 Å². The molecule has 2 rings (SSSR count). The molecule has 2 aromatic rings. The number of rotatable bonds is 7. The van der Waals surface area contributed by atoms with Crippen molar-refractivity contribution in [3.8, 4) is 0 Å². The van der Waals surface area contributed by atoms with Crippen LogP contribution in [0.4, 0.5) is 0 Å². The number of nitrogens with one attached hydrogen (secondary N) is 2. The lowest BCUT2D eigenvalue weighted by Crippen LogP contribution is -2.39. The highest BCUT2D eigenvalue weighted by Gasteiger charge is 2.11. The van der Waals surface area contributed by atoms with Gasteiger partial charge in [0.25, 0.3) is 0 Å². The van der Waals surface area contributed by atoms with E-state index in [9.17, 15) is 4.79 Å². The third kappa shape index (κ3) is 7.63. The van der Waals surface area contributed by atoms with Crippen LogP contribution in [-0.2, 0) is 17.9 Å². The zero-order chi connectivity index (χ0) is 18.1. The number of amides is 1. The first-order valence-electron chi connectivity index (χ1n) is 8.03. The highest BCUT2D eigenvalue weighted by Crippen LogP contribution is 2.17. The molecule has 0 aliphatic carbocycles. The third-order valence-electron chi connectivity index (χ3n) is 3.69. The largest absolute Gasteiger partial charge is 0.356 e. The summed E-state index contributed by atoms with van der Waals surface area (Å²) < 4.78 is 1.02. The minimum absolute atomic E-state index is 0. The van der Waals surface area contributed by atoms with Gasteiger partial charge in [0.05, 0.1) is 0 Å². The average molecular weight is 551 g/mol. The van der Waals surface area contributed by atoms with E-state index in [1.54, 1.807) is 23.3 Å². The molecule has 0 bridgehead atoms. The highest BCUT2D eigenvalue weighted by atomic mass is 127. The summed E-state index contributed by atoms with van der Waals surface area (Å²) in [5.41, 5.74) is 2.32. The quantitative estimate of drug-likeness (QED) is 0.313. The van der Waals surface area contributed by atoms with E-state index in [4.69, 9.17) is 0 Å². The molecular formula is C18H24BrIN4OS. The molecule has 5 nitrogen and oxygen atoms in total. The Morgan fingerprint density at radius 2 is 2.04 bits per heavy atom. The second-order valence-corrected chi connectivity index (χ2v) is 7.21. The Balaban J connectivity index is 0.00000338. The summed E-state index contributed by atoms with van der Waals surface area (Å²) in [6, 6.07) is 10.0. The maximum atomic E-state index is 12.3. The number of nitrogens with zero attached hydrogens (tertiary/aromatic N) is 2. The maximum absolute atomic E-state index is 12.3. The van der Waals surface area contributed by atoms with Crippen LogP contribution in [0.15, 0.2) is 50.6 Å². The van der Waals surface area contributed by atoms with E-state index in [1.165, 1.54) is 5.56 Å². The van der Waals surface area contributed by atoms with Crippen molar-refractivity contribution in [1.29, 1.82) is 0 Å². The van der Waals surface area contributed by atoms with Crippen LogP contribution in [0.2, 0.25) is 0 Å². The number of carbonyl (C=O) groups is 1. The third-order valence-corrected chi connectivity index (χ3v) is 5.19. The standard InChI is InChI=1S/C18H23BrN4OS.HI/c1-20-18(22-11-14-8-10-25-13-14)21-9-7-17(24)23(2)12-15-5-3-4-6-16(15)19;/h3-6,8,10,13H,7,9,11-12H2,1-2H3,(H2,20,21,22);1H. The molecular weight excluding hydrogens is 527 g/mol. The molecule has 142 valence electrons. The fraction of sp³-hybridized carbons (Fsp3) is 0.333. The monoisotopic (exact) mass is 550 g/mol. The summed E-state index contributed by atoms with van der Waals surface area (Å²) in [6.45, 7) is 1.85. The molecule has 1 heterocycles. The minimum atomic E-state index is 0. The van der Waals surface area contributed by atoms with E-state index in [0.29, 0.717) is 25.5 Å². The lowest BCUT2D eigenvalue weighted by molar-refractivity contribution is -0.130. The van der Waals surface area contributed by atoms with Crippen LogP contribution in [0.3, 0.4) is 0 Å². The van der Waals surface area contributed by atoms with Gasteiger partial charge in [-0.15, -0.1) is 24.0 Å².